The number of rotatable bonds is 3. The molecule has 18 heavy (non-hydrogen) atoms. The van der Waals surface area contributed by atoms with Crippen LogP contribution in [0.2, 0.25) is 0 Å². The second kappa shape index (κ2) is 5.07. The minimum Gasteiger partial charge on any atom is -0.388 e. The van der Waals surface area contributed by atoms with Crippen LogP contribution in [0.4, 0.5) is 0 Å². The number of carbonyl (C=O) groups is 1. The van der Waals surface area contributed by atoms with E-state index >= 15 is 0 Å². The molecule has 0 radical (unpaired) electrons. The maximum Gasteiger partial charge on any atom is 0.224 e. The minimum absolute atomic E-state index is 0.0573. The zero-order chi connectivity index (χ0) is 13.3. The molecular weight excluding hydrogens is 234 g/mol. The number of β-amino-alcohol motifs (C(OH)–C–C–N with tert-alkyl or cyclic N) is 2. The van der Waals surface area contributed by atoms with E-state index in [1.807, 2.05) is 19.9 Å². The number of aliphatic hydroxyl groups is 2. The molecule has 1 aliphatic rings. The lowest BCUT2D eigenvalue weighted by atomic mass is 10.3. The molecule has 6 heteroatoms. The molecule has 0 aromatic carbocycles. The smallest absolute Gasteiger partial charge is 0.224 e. The number of carbonyl (C=O) groups excluding carboxylic acids is 1. The van der Waals surface area contributed by atoms with Gasteiger partial charge in [0.25, 0.3) is 0 Å². The maximum absolute atomic E-state index is 11.9. The van der Waals surface area contributed by atoms with Crippen LogP contribution in [0.5, 0.6) is 0 Å². The normalized spacial score (nSPS) is 23.7. The highest BCUT2D eigenvalue weighted by molar-refractivity contribution is 5.76. The molecule has 0 spiro atoms. The standard InChI is InChI=1S/C12H19N3O3/c1-8-5-9(2)15(13-8)4-3-12(18)14-6-10(16)11(17)7-14/h5,10-11,16-17H,3-4,6-7H2,1-2H3/t10-,11+. The van der Waals surface area contributed by atoms with Gasteiger partial charge in [0.15, 0.2) is 0 Å². The second-order valence-corrected chi connectivity index (χ2v) is 4.83. The fraction of sp³-hybridized carbons (Fsp3) is 0.667. The van der Waals surface area contributed by atoms with Gasteiger partial charge >= 0.3 is 0 Å². The molecule has 1 amide bonds. The molecule has 0 bridgehead atoms. The molecule has 1 aromatic rings. The number of nitrogens with zero attached hydrogens (tertiary/aromatic N) is 3. The Morgan fingerprint density at radius 2 is 2.00 bits per heavy atom. The third-order valence-electron chi connectivity index (χ3n) is 3.25. The Kier molecular flexibility index (Phi) is 3.68. The van der Waals surface area contributed by atoms with E-state index in [2.05, 4.69) is 5.10 Å². The van der Waals surface area contributed by atoms with E-state index in [4.69, 9.17) is 0 Å². The van der Waals surface area contributed by atoms with Crippen molar-refractivity contribution < 1.29 is 15.0 Å². The summed E-state index contributed by atoms with van der Waals surface area (Å²) in [6, 6.07) is 1.97. The lowest BCUT2D eigenvalue weighted by molar-refractivity contribution is -0.131. The molecule has 2 rings (SSSR count). The Balaban J connectivity index is 1.87. The quantitative estimate of drug-likeness (QED) is 0.758. The van der Waals surface area contributed by atoms with Gasteiger partial charge in [-0.15, -0.1) is 0 Å². The summed E-state index contributed by atoms with van der Waals surface area (Å²) in [6.07, 6.45) is -1.30. The van der Waals surface area contributed by atoms with Gasteiger partial charge in [-0.05, 0) is 19.9 Å². The van der Waals surface area contributed by atoms with Crippen molar-refractivity contribution in [2.45, 2.75) is 39.0 Å². The van der Waals surface area contributed by atoms with Gasteiger partial charge in [0, 0.05) is 31.7 Å². The molecule has 1 saturated heterocycles. The molecule has 1 aromatic heterocycles. The van der Waals surface area contributed by atoms with Crippen molar-refractivity contribution in [3.05, 3.63) is 17.5 Å². The zero-order valence-electron chi connectivity index (χ0n) is 10.7. The molecule has 100 valence electrons. The van der Waals surface area contributed by atoms with Gasteiger partial charge in [0.1, 0.15) is 0 Å². The predicted octanol–water partition coefficient (Wildman–Crippen LogP) is -0.546. The number of aryl methyl sites for hydroxylation is 3. The number of hydrogen-bond acceptors (Lipinski definition) is 4. The van der Waals surface area contributed by atoms with Gasteiger partial charge < -0.3 is 15.1 Å². The van der Waals surface area contributed by atoms with Crippen LogP contribution in [0.1, 0.15) is 17.8 Å². The minimum atomic E-state index is -0.817. The summed E-state index contributed by atoms with van der Waals surface area (Å²) in [5.74, 6) is -0.0573. The fourth-order valence-electron chi connectivity index (χ4n) is 2.23. The zero-order valence-corrected chi connectivity index (χ0v) is 10.7. The number of likely N-dealkylation sites (tertiary alicyclic amines) is 1. The number of aromatic nitrogens is 2. The lowest BCUT2D eigenvalue weighted by Gasteiger charge is -2.15. The van der Waals surface area contributed by atoms with E-state index in [9.17, 15) is 15.0 Å². The summed E-state index contributed by atoms with van der Waals surface area (Å²) in [7, 11) is 0. The van der Waals surface area contributed by atoms with E-state index < -0.39 is 12.2 Å². The van der Waals surface area contributed by atoms with E-state index in [1.165, 1.54) is 4.90 Å². The summed E-state index contributed by atoms with van der Waals surface area (Å²) in [4.78, 5) is 13.4. The molecule has 0 saturated carbocycles. The van der Waals surface area contributed by atoms with Gasteiger partial charge in [-0.2, -0.15) is 5.10 Å². The Morgan fingerprint density at radius 3 is 2.50 bits per heavy atom. The summed E-state index contributed by atoms with van der Waals surface area (Å²) in [6.45, 7) is 4.84. The molecule has 1 aliphatic heterocycles. The SMILES string of the molecule is Cc1cc(C)n(CCC(=O)N2C[C@@H](O)[C@@H](O)C2)n1. The number of amides is 1. The summed E-state index contributed by atoms with van der Waals surface area (Å²) in [5.41, 5.74) is 1.97. The van der Waals surface area contributed by atoms with E-state index in [-0.39, 0.29) is 19.0 Å². The summed E-state index contributed by atoms with van der Waals surface area (Å²) in [5, 5.41) is 23.1. The first-order valence-corrected chi connectivity index (χ1v) is 6.12. The van der Waals surface area contributed by atoms with Crippen molar-refractivity contribution in [3.8, 4) is 0 Å². The first-order valence-electron chi connectivity index (χ1n) is 6.12. The molecule has 0 aliphatic carbocycles. The Bertz CT molecular complexity index is 434. The molecule has 2 atom stereocenters. The summed E-state index contributed by atoms with van der Waals surface area (Å²) >= 11 is 0. The van der Waals surface area contributed by atoms with Crippen molar-refractivity contribution >= 4 is 5.91 Å². The second-order valence-electron chi connectivity index (χ2n) is 4.83. The summed E-state index contributed by atoms with van der Waals surface area (Å²) < 4.78 is 1.80. The Labute approximate surface area is 106 Å². The first kappa shape index (κ1) is 13.0. The largest absolute Gasteiger partial charge is 0.388 e. The fourth-order valence-corrected chi connectivity index (χ4v) is 2.23. The maximum atomic E-state index is 11.9. The van der Waals surface area contributed by atoms with Crippen molar-refractivity contribution in [2.75, 3.05) is 13.1 Å². The first-order chi connectivity index (χ1) is 8.47. The highest BCUT2D eigenvalue weighted by Crippen LogP contribution is 2.12. The third kappa shape index (κ3) is 2.70. The van der Waals surface area contributed by atoms with Crippen molar-refractivity contribution in [1.82, 2.24) is 14.7 Å². The Morgan fingerprint density at radius 1 is 1.39 bits per heavy atom. The van der Waals surface area contributed by atoms with Crippen LogP contribution in [-0.2, 0) is 11.3 Å². The van der Waals surface area contributed by atoms with E-state index in [1.54, 1.807) is 4.68 Å². The molecule has 2 heterocycles. The van der Waals surface area contributed by atoms with Crippen LogP contribution in [0.25, 0.3) is 0 Å². The monoisotopic (exact) mass is 253 g/mol. The van der Waals surface area contributed by atoms with E-state index in [0.717, 1.165) is 11.4 Å². The topological polar surface area (TPSA) is 78.6 Å². The van der Waals surface area contributed by atoms with Gasteiger partial charge in [-0.1, -0.05) is 0 Å². The lowest BCUT2D eigenvalue weighted by Crippen LogP contribution is -2.30. The van der Waals surface area contributed by atoms with Gasteiger partial charge in [-0.25, -0.2) is 0 Å². The average molecular weight is 253 g/mol. The third-order valence-corrected chi connectivity index (χ3v) is 3.25. The highest BCUT2D eigenvalue weighted by Gasteiger charge is 2.32. The van der Waals surface area contributed by atoms with Crippen molar-refractivity contribution in [1.29, 1.82) is 0 Å². The predicted molar refractivity (Wildman–Crippen MR) is 64.9 cm³/mol. The van der Waals surface area contributed by atoms with Crippen LogP contribution >= 0.6 is 0 Å². The van der Waals surface area contributed by atoms with Crippen LogP contribution in [-0.4, -0.2) is 56.1 Å². The average Bonchev–Trinajstić information content (AvgIpc) is 2.79. The van der Waals surface area contributed by atoms with Gasteiger partial charge in [0.05, 0.1) is 17.9 Å². The molecule has 1 fully saturated rings. The highest BCUT2D eigenvalue weighted by atomic mass is 16.3. The molecule has 0 unspecified atom stereocenters. The molecule has 6 nitrogen and oxygen atoms in total. The molecule has 2 N–H and O–H groups in total. The number of aliphatic hydroxyl groups excluding tert-OH is 2. The van der Waals surface area contributed by atoms with Crippen LogP contribution in [0.15, 0.2) is 6.07 Å². The van der Waals surface area contributed by atoms with E-state index in [0.29, 0.717) is 13.0 Å². The van der Waals surface area contributed by atoms with Gasteiger partial charge in [-0.3, -0.25) is 9.48 Å². The van der Waals surface area contributed by atoms with Crippen molar-refractivity contribution in [3.63, 3.8) is 0 Å². The van der Waals surface area contributed by atoms with Crippen LogP contribution in [0, 0.1) is 13.8 Å². The Hall–Kier alpha value is -1.40. The van der Waals surface area contributed by atoms with Gasteiger partial charge in [0.2, 0.25) is 5.91 Å². The van der Waals surface area contributed by atoms with Crippen LogP contribution in [0.3, 0.4) is 0 Å². The van der Waals surface area contributed by atoms with Crippen LogP contribution < -0.4 is 0 Å². The van der Waals surface area contributed by atoms with Crippen molar-refractivity contribution in [2.24, 2.45) is 0 Å². The number of hydrogen-bond donors (Lipinski definition) is 2. The molecular formula is C12H19N3O3.